The summed E-state index contributed by atoms with van der Waals surface area (Å²) in [5.74, 6) is 0.957. The van der Waals surface area contributed by atoms with Gasteiger partial charge in [0.05, 0.1) is 17.8 Å². The minimum atomic E-state index is 0.0999. The molecule has 0 aliphatic heterocycles. The highest BCUT2D eigenvalue weighted by Crippen LogP contribution is 2.28. The molecule has 4 nitrogen and oxygen atoms in total. The Hall–Kier alpha value is -1.94. The van der Waals surface area contributed by atoms with E-state index in [1.54, 1.807) is 12.5 Å². The van der Waals surface area contributed by atoms with E-state index in [0.29, 0.717) is 6.10 Å². The Morgan fingerprint density at radius 1 is 1.24 bits per heavy atom. The Morgan fingerprint density at radius 3 is 2.67 bits per heavy atom. The lowest BCUT2D eigenvalue weighted by molar-refractivity contribution is 0.303. The number of hydrogen-bond acceptors (Lipinski definition) is 4. The van der Waals surface area contributed by atoms with Crippen LogP contribution in [0.25, 0.3) is 0 Å². The van der Waals surface area contributed by atoms with E-state index in [9.17, 15) is 0 Å². The van der Waals surface area contributed by atoms with Gasteiger partial charge in [0, 0.05) is 6.20 Å². The summed E-state index contributed by atoms with van der Waals surface area (Å²) in [7, 11) is 0. The van der Waals surface area contributed by atoms with Gasteiger partial charge < -0.3 is 10.1 Å². The minimum absolute atomic E-state index is 0.0999. The topological polar surface area (TPSA) is 47.0 Å². The molecule has 1 fully saturated rings. The second-order valence-corrected chi connectivity index (χ2v) is 5.41. The van der Waals surface area contributed by atoms with Crippen molar-refractivity contribution < 1.29 is 4.74 Å². The van der Waals surface area contributed by atoms with E-state index in [1.807, 2.05) is 6.07 Å². The first kappa shape index (κ1) is 14.0. The lowest BCUT2D eigenvalue weighted by Gasteiger charge is -2.18. The highest BCUT2D eigenvalue weighted by atomic mass is 16.5. The molecule has 0 bridgehead atoms. The molecule has 1 N–H and O–H groups in total. The average Bonchev–Trinajstić information content (AvgIpc) is 3.34. The van der Waals surface area contributed by atoms with E-state index >= 15 is 0 Å². The van der Waals surface area contributed by atoms with Crippen LogP contribution in [-0.2, 0) is 0 Å². The van der Waals surface area contributed by atoms with Gasteiger partial charge in [-0.2, -0.15) is 0 Å². The summed E-state index contributed by atoms with van der Waals surface area (Å²) >= 11 is 0. The van der Waals surface area contributed by atoms with Crippen molar-refractivity contribution in [3.63, 3.8) is 0 Å². The molecule has 1 aromatic heterocycles. The maximum Gasteiger partial charge on any atom is 0.119 e. The Kier molecular flexibility index (Phi) is 4.46. The van der Waals surface area contributed by atoms with Crippen molar-refractivity contribution >= 4 is 0 Å². The molecule has 0 spiro atoms. The third-order valence-corrected chi connectivity index (χ3v) is 3.54. The molecule has 0 amide bonds. The Balaban J connectivity index is 1.78. The zero-order valence-electron chi connectivity index (χ0n) is 12.3. The normalized spacial score (nSPS) is 15.7. The number of benzene rings is 1. The number of ether oxygens (including phenoxy) is 1. The molecule has 0 saturated heterocycles. The summed E-state index contributed by atoms with van der Waals surface area (Å²) in [5.41, 5.74) is 2.19. The van der Waals surface area contributed by atoms with Crippen LogP contribution < -0.4 is 10.1 Å². The van der Waals surface area contributed by atoms with Crippen molar-refractivity contribution in [2.45, 2.75) is 38.3 Å². The van der Waals surface area contributed by atoms with Crippen LogP contribution in [0.5, 0.6) is 5.75 Å². The van der Waals surface area contributed by atoms with E-state index in [-0.39, 0.29) is 6.04 Å². The SMILES string of the molecule is CCCNC(c1ccc(OC2CC2)cc1)c1ccncn1. The molecule has 1 heterocycles. The van der Waals surface area contributed by atoms with Crippen LogP contribution in [-0.4, -0.2) is 22.6 Å². The Morgan fingerprint density at radius 2 is 2.05 bits per heavy atom. The van der Waals surface area contributed by atoms with Gasteiger partial charge in [-0.15, -0.1) is 0 Å². The predicted molar refractivity (Wildman–Crippen MR) is 82.3 cm³/mol. The lowest BCUT2D eigenvalue weighted by atomic mass is 10.0. The second-order valence-electron chi connectivity index (χ2n) is 5.41. The summed E-state index contributed by atoms with van der Waals surface area (Å²) in [6.45, 7) is 3.12. The minimum Gasteiger partial charge on any atom is -0.490 e. The quantitative estimate of drug-likeness (QED) is 0.848. The van der Waals surface area contributed by atoms with Crippen molar-refractivity contribution in [3.05, 3.63) is 54.1 Å². The van der Waals surface area contributed by atoms with Crippen molar-refractivity contribution in [3.8, 4) is 5.75 Å². The van der Waals surface area contributed by atoms with Gasteiger partial charge in [-0.3, -0.25) is 0 Å². The number of nitrogens with one attached hydrogen (secondary N) is 1. The van der Waals surface area contributed by atoms with Crippen LogP contribution in [0.15, 0.2) is 42.9 Å². The molecule has 2 aromatic rings. The fourth-order valence-electron chi connectivity index (χ4n) is 2.27. The third kappa shape index (κ3) is 3.79. The van der Waals surface area contributed by atoms with Crippen LogP contribution >= 0.6 is 0 Å². The summed E-state index contributed by atoms with van der Waals surface area (Å²) in [4.78, 5) is 8.38. The molecule has 1 atom stereocenters. The zero-order valence-corrected chi connectivity index (χ0v) is 12.3. The molecular formula is C17H21N3O. The number of aromatic nitrogens is 2. The maximum absolute atomic E-state index is 5.80. The molecular weight excluding hydrogens is 262 g/mol. The number of nitrogens with zero attached hydrogens (tertiary/aromatic N) is 2. The van der Waals surface area contributed by atoms with Gasteiger partial charge in [-0.1, -0.05) is 19.1 Å². The average molecular weight is 283 g/mol. The van der Waals surface area contributed by atoms with Gasteiger partial charge in [-0.05, 0) is 49.6 Å². The fraction of sp³-hybridized carbons (Fsp3) is 0.412. The molecule has 0 radical (unpaired) electrons. The first-order valence-corrected chi connectivity index (χ1v) is 7.62. The van der Waals surface area contributed by atoms with Crippen LogP contribution in [0.4, 0.5) is 0 Å². The highest BCUT2D eigenvalue weighted by Gasteiger charge is 2.23. The first-order chi connectivity index (χ1) is 10.4. The Bertz CT molecular complexity index is 552. The summed E-state index contributed by atoms with van der Waals surface area (Å²) in [6, 6.07) is 10.4. The molecule has 21 heavy (non-hydrogen) atoms. The predicted octanol–water partition coefficient (Wildman–Crippen LogP) is 3.11. The zero-order chi connectivity index (χ0) is 14.5. The van der Waals surface area contributed by atoms with Crippen LogP contribution in [0.2, 0.25) is 0 Å². The molecule has 4 heteroatoms. The second kappa shape index (κ2) is 6.68. The standard InChI is InChI=1S/C17H21N3O/c1-2-10-19-17(16-9-11-18-12-20-16)13-3-5-14(6-4-13)21-15-7-8-15/h3-6,9,11-12,15,17,19H,2,7-8,10H2,1H3. The maximum atomic E-state index is 5.80. The van der Waals surface area contributed by atoms with Crippen molar-refractivity contribution in [1.29, 1.82) is 0 Å². The molecule has 1 aromatic carbocycles. The fourth-order valence-corrected chi connectivity index (χ4v) is 2.27. The van der Waals surface area contributed by atoms with Gasteiger partial charge in [0.2, 0.25) is 0 Å². The smallest absolute Gasteiger partial charge is 0.119 e. The third-order valence-electron chi connectivity index (χ3n) is 3.54. The van der Waals surface area contributed by atoms with Crippen molar-refractivity contribution in [2.24, 2.45) is 0 Å². The molecule has 1 saturated carbocycles. The molecule has 1 aliphatic carbocycles. The van der Waals surface area contributed by atoms with Gasteiger partial charge in [0.15, 0.2) is 0 Å². The highest BCUT2D eigenvalue weighted by molar-refractivity contribution is 5.33. The Labute approximate surface area is 125 Å². The van der Waals surface area contributed by atoms with Gasteiger partial charge in [-0.25, -0.2) is 9.97 Å². The van der Waals surface area contributed by atoms with Crippen LogP contribution in [0.3, 0.4) is 0 Å². The van der Waals surface area contributed by atoms with Crippen LogP contribution in [0.1, 0.15) is 43.5 Å². The van der Waals surface area contributed by atoms with Gasteiger partial charge >= 0.3 is 0 Å². The molecule has 110 valence electrons. The summed E-state index contributed by atoms with van der Waals surface area (Å²) in [5, 5.41) is 3.54. The largest absolute Gasteiger partial charge is 0.490 e. The van der Waals surface area contributed by atoms with E-state index in [4.69, 9.17) is 4.74 Å². The van der Waals surface area contributed by atoms with Gasteiger partial charge in [0.25, 0.3) is 0 Å². The monoisotopic (exact) mass is 283 g/mol. The van der Waals surface area contributed by atoms with E-state index in [2.05, 4.69) is 46.5 Å². The van der Waals surface area contributed by atoms with E-state index in [0.717, 1.165) is 24.4 Å². The number of hydrogen-bond donors (Lipinski definition) is 1. The van der Waals surface area contributed by atoms with Crippen molar-refractivity contribution in [2.75, 3.05) is 6.54 Å². The van der Waals surface area contributed by atoms with Crippen LogP contribution in [0, 0.1) is 0 Å². The summed E-state index contributed by atoms with van der Waals surface area (Å²) in [6.07, 6.45) is 7.28. The van der Waals surface area contributed by atoms with Crippen molar-refractivity contribution in [1.82, 2.24) is 15.3 Å². The number of rotatable bonds is 7. The van der Waals surface area contributed by atoms with E-state index in [1.165, 1.54) is 18.4 Å². The molecule has 1 aliphatic rings. The van der Waals surface area contributed by atoms with Gasteiger partial charge in [0.1, 0.15) is 12.1 Å². The summed E-state index contributed by atoms with van der Waals surface area (Å²) < 4.78 is 5.80. The molecule has 3 rings (SSSR count). The van der Waals surface area contributed by atoms with E-state index < -0.39 is 0 Å². The molecule has 1 unspecified atom stereocenters. The lowest BCUT2D eigenvalue weighted by Crippen LogP contribution is -2.24. The first-order valence-electron chi connectivity index (χ1n) is 7.62.